The van der Waals surface area contributed by atoms with E-state index < -0.39 is 0 Å². The number of carbonyl (C=O) groups is 2. The van der Waals surface area contributed by atoms with Crippen LogP contribution in [0.3, 0.4) is 0 Å². The Balaban J connectivity index is 2.02. The van der Waals surface area contributed by atoms with Gasteiger partial charge in [0.25, 0.3) is 0 Å². The summed E-state index contributed by atoms with van der Waals surface area (Å²) >= 11 is 0. The second-order valence-electron chi connectivity index (χ2n) is 3.80. The second-order valence-corrected chi connectivity index (χ2v) is 3.80. The molecule has 0 aromatic rings. The van der Waals surface area contributed by atoms with E-state index in [1.54, 1.807) is 0 Å². The monoisotopic (exact) mass is 213 g/mol. The first-order valence-electron chi connectivity index (χ1n) is 5.53. The van der Waals surface area contributed by atoms with Crippen LogP contribution < -0.4 is 16.0 Å². The maximum absolute atomic E-state index is 11.2. The highest BCUT2D eigenvalue weighted by Crippen LogP contribution is 2.17. The molecule has 15 heavy (non-hydrogen) atoms. The third kappa shape index (κ3) is 4.67. The molecule has 0 spiro atoms. The topological polar surface area (TPSA) is 70.2 Å². The predicted octanol–water partition coefficient (Wildman–Crippen LogP) is 0.364. The van der Waals surface area contributed by atoms with Crippen molar-refractivity contribution in [2.24, 2.45) is 0 Å². The minimum absolute atomic E-state index is 0.0541. The van der Waals surface area contributed by atoms with Crippen LogP contribution in [0.15, 0.2) is 0 Å². The Morgan fingerprint density at radius 3 is 2.53 bits per heavy atom. The molecule has 0 aromatic carbocycles. The van der Waals surface area contributed by atoms with Gasteiger partial charge in [0.1, 0.15) is 0 Å². The molecular weight excluding hydrogens is 194 g/mol. The summed E-state index contributed by atoms with van der Waals surface area (Å²) in [6.45, 7) is 2.69. The molecule has 0 radical (unpaired) electrons. The zero-order valence-electron chi connectivity index (χ0n) is 9.14. The summed E-state index contributed by atoms with van der Waals surface area (Å²) < 4.78 is 0. The normalized spacial score (nSPS) is 15.3. The van der Waals surface area contributed by atoms with Gasteiger partial charge in [0.2, 0.25) is 5.91 Å². The van der Waals surface area contributed by atoms with Gasteiger partial charge in [-0.25, -0.2) is 4.79 Å². The SMILES string of the molecule is CCCNC(=O)CNC(=O)NC1CCC1. The molecule has 0 aliphatic heterocycles. The van der Waals surface area contributed by atoms with Crippen LogP contribution in [-0.2, 0) is 4.79 Å². The van der Waals surface area contributed by atoms with Crippen LogP contribution in [0.5, 0.6) is 0 Å². The van der Waals surface area contributed by atoms with E-state index in [0.29, 0.717) is 12.6 Å². The van der Waals surface area contributed by atoms with Crippen molar-refractivity contribution in [2.75, 3.05) is 13.1 Å². The van der Waals surface area contributed by atoms with E-state index in [1.165, 1.54) is 6.42 Å². The zero-order chi connectivity index (χ0) is 11.1. The first-order valence-corrected chi connectivity index (χ1v) is 5.53. The molecule has 0 bridgehead atoms. The van der Waals surface area contributed by atoms with Gasteiger partial charge in [-0.2, -0.15) is 0 Å². The number of urea groups is 1. The second kappa shape index (κ2) is 6.27. The minimum Gasteiger partial charge on any atom is -0.355 e. The molecule has 0 saturated heterocycles. The predicted molar refractivity (Wildman–Crippen MR) is 57.5 cm³/mol. The standard InChI is InChI=1S/C10H19N3O2/c1-2-6-11-9(14)7-12-10(15)13-8-4-3-5-8/h8H,2-7H2,1H3,(H,11,14)(H2,12,13,15). The van der Waals surface area contributed by atoms with Gasteiger partial charge in [0.05, 0.1) is 6.54 Å². The van der Waals surface area contributed by atoms with Crippen molar-refractivity contribution < 1.29 is 9.59 Å². The van der Waals surface area contributed by atoms with E-state index in [-0.39, 0.29) is 18.5 Å². The lowest BCUT2D eigenvalue weighted by atomic mass is 9.93. The van der Waals surface area contributed by atoms with Crippen LogP contribution in [-0.4, -0.2) is 31.1 Å². The molecule has 3 amide bonds. The van der Waals surface area contributed by atoms with Crippen molar-refractivity contribution >= 4 is 11.9 Å². The molecule has 0 heterocycles. The maximum atomic E-state index is 11.2. The Bertz CT molecular complexity index is 227. The van der Waals surface area contributed by atoms with Crippen LogP contribution >= 0.6 is 0 Å². The van der Waals surface area contributed by atoms with Gasteiger partial charge in [-0.05, 0) is 25.7 Å². The minimum atomic E-state index is -0.244. The average molecular weight is 213 g/mol. The lowest BCUT2D eigenvalue weighted by Crippen LogP contribution is -2.47. The summed E-state index contributed by atoms with van der Waals surface area (Å²) in [6, 6.07) is 0.0649. The fourth-order valence-electron chi connectivity index (χ4n) is 1.28. The summed E-state index contributed by atoms with van der Waals surface area (Å²) in [7, 11) is 0. The van der Waals surface area contributed by atoms with E-state index in [2.05, 4.69) is 16.0 Å². The molecule has 1 saturated carbocycles. The van der Waals surface area contributed by atoms with Gasteiger partial charge in [-0.3, -0.25) is 4.79 Å². The number of hydrogen-bond donors (Lipinski definition) is 3. The summed E-state index contributed by atoms with van der Waals surface area (Å²) in [4.78, 5) is 22.3. The molecule has 0 unspecified atom stereocenters. The summed E-state index contributed by atoms with van der Waals surface area (Å²) in [5.74, 6) is -0.138. The summed E-state index contributed by atoms with van der Waals surface area (Å²) in [5.41, 5.74) is 0. The Labute approximate surface area is 90.0 Å². The molecule has 0 atom stereocenters. The molecule has 1 fully saturated rings. The Morgan fingerprint density at radius 1 is 1.27 bits per heavy atom. The number of nitrogens with one attached hydrogen (secondary N) is 3. The average Bonchev–Trinajstić information content (AvgIpc) is 2.17. The van der Waals surface area contributed by atoms with E-state index in [4.69, 9.17) is 0 Å². The van der Waals surface area contributed by atoms with Crippen molar-refractivity contribution in [3.05, 3.63) is 0 Å². The third-order valence-electron chi connectivity index (χ3n) is 2.42. The van der Waals surface area contributed by atoms with E-state index in [9.17, 15) is 9.59 Å². The highest BCUT2D eigenvalue weighted by molar-refractivity contribution is 5.83. The quantitative estimate of drug-likeness (QED) is 0.617. The lowest BCUT2D eigenvalue weighted by Gasteiger charge is -2.26. The Morgan fingerprint density at radius 2 is 2.00 bits per heavy atom. The highest BCUT2D eigenvalue weighted by Gasteiger charge is 2.19. The van der Waals surface area contributed by atoms with Gasteiger partial charge in [-0.1, -0.05) is 6.92 Å². The molecule has 86 valence electrons. The van der Waals surface area contributed by atoms with Gasteiger partial charge >= 0.3 is 6.03 Å². The zero-order valence-corrected chi connectivity index (χ0v) is 9.14. The largest absolute Gasteiger partial charge is 0.355 e. The third-order valence-corrected chi connectivity index (χ3v) is 2.42. The van der Waals surface area contributed by atoms with Gasteiger partial charge < -0.3 is 16.0 Å². The lowest BCUT2D eigenvalue weighted by molar-refractivity contribution is -0.120. The highest BCUT2D eigenvalue weighted by atomic mass is 16.2. The number of carbonyl (C=O) groups excluding carboxylic acids is 2. The molecule has 1 aliphatic rings. The van der Waals surface area contributed by atoms with E-state index in [1.807, 2.05) is 6.92 Å². The number of rotatable bonds is 5. The number of hydrogen-bond acceptors (Lipinski definition) is 2. The smallest absolute Gasteiger partial charge is 0.315 e. The van der Waals surface area contributed by atoms with E-state index >= 15 is 0 Å². The van der Waals surface area contributed by atoms with Crippen LogP contribution in [0.2, 0.25) is 0 Å². The van der Waals surface area contributed by atoms with Crippen LogP contribution in [0.4, 0.5) is 4.79 Å². The van der Waals surface area contributed by atoms with Crippen molar-refractivity contribution in [1.82, 2.24) is 16.0 Å². The fraction of sp³-hybridized carbons (Fsp3) is 0.800. The molecular formula is C10H19N3O2. The molecule has 3 N–H and O–H groups in total. The molecule has 1 aliphatic carbocycles. The van der Waals surface area contributed by atoms with Crippen molar-refractivity contribution in [1.29, 1.82) is 0 Å². The number of amides is 3. The van der Waals surface area contributed by atoms with Gasteiger partial charge in [0, 0.05) is 12.6 Å². The first-order chi connectivity index (χ1) is 7.22. The van der Waals surface area contributed by atoms with Gasteiger partial charge in [0.15, 0.2) is 0 Å². The molecule has 0 aromatic heterocycles. The Kier molecular flexibility index (Phi) is 4.93. The fourth-order valence-corrected chi connectivity index (χ4v) is 1.28. The first kappa shape index (κ1) is 11.8. The van der Waals surface area contributed by atoms with Crippen LogP contribution in [0, 0.1) is 0 Å². The molecule has 5 nitrogen and oxygen atoms in total. The molecule has 5 heteroatoms. The summed E-state index contributed by atoms with van der Waals surface area (Å²) in [6.07, 6.45) is 4.19. The van der Waals surface area contributed by atoms with Crippen molar-refractivity contribution in [3.63, 3.8) is 0 Å². The molecule has 1 rings (SSSR count). The van der Waals surface area contributed by atoms with Crippen LogP contribution in [0.1, 0.15) is 32.6 Å². The van der Waals surface area contributed by atoms with Crippen molar-refractivity contribution in [3.8, 4) is 0 Å². The van der Waals surface area contributed by atoms with Gasteiger partial charge in [-0.15, -0.1) is 0 Å². The van der Waals surface area contributed by atoms with Crippen LogP contribution in [0.25, 0.3) is 0 Å². The van der Waals surface area contributed by atoms with E-state index in [0.717, 1.165) is 19.3 Å². The Hall–Kier alpha value is -1.26. The van der Waals surface area contributed by atoms with Crippen molar-refractivity contribution in [2.45, 2.75) is 38.6 Å². The summed E-state index contributed by atoms with van der Waals surface area (Å²) in [5, 5.41) is 8.01. The maximum Gasteiger partial charge on any atom is 0.315 e.